The second-order valence-electron chi connectivity index (χ2n) is 5.58. The van der Waals surface area contributed by atoms with Gasteiger partial charge in [0, 0.05) is 16.6 Å². The minimum Gasteiger partial charge on any atom is -0.497 e. The van der Waals surface area contributed by atoms with Gasteiger partial charge in [-0.05, 0) is 39.8 Å². The molecule has 9 heteroatoms. The molecule has 2 aromatic carbocycles. The van der Waals surface area contributed by atoms with Gasteiger partial charge in [0.2, 0.25) is 5.69 Å². The van der Waals surface area contributed by atoms with E-state index in [-0.39, 0.29) is 10.5 Å². The van der Waals surface area contributed by atoms with Crippen molar-refractivity contribution in [1.82, 2.24) is 5.27 Å². The van der Waals surface area contributed by atoms with Gasteiger partial charge in [-0.25, -0.2) is 4.79 Å². The molecule has 27 heavy (non-hydrogen) atoms. The molecule has 3 aromatic rings. The Labute approximate surface area is 179 Å². The molecule has 1 heterocycles. The molecule has 0 aliphatic rings. The number of ether oxygens (including phenoxy) is 1. The van der Waals surface area contributed by atoms with E-state index in [1.54, 1.807) is 31.4 Å². The maximum absolute atomic E-state index is 13.0. The van der Waals surface area contributed by atoms with E-state index in [1.807, 2.05) is 24.3 Å². The van der Waals surface area contributed by atoms with Crippen LogP contribution in [0.3, 0.4) is 0 Å². The largest absolute Gasteiger partial charge is 0.497 e. The number of carbonyl (C=O) groups excluding carboxylic acids is 1. The van der Waals surface area contributed by atoms with Gasteiger partial charge in [0.05, 0.1) is 11.9 Å². The topological polar surface area (TPSA) is 76.2 Å². The number of benzene rings is 2. The van der Waals surface area contributed by atoms with Crippen molar-refractivity contribution in [2.24, 2.45) is 0 Å². The third-order valence-electron chi connectivity index (χ3n) is 3.91. The van der Waals surface area contributed by atoms with E-state index in [0.717, 1.165) is 10.0 Å². The van der Waals surface area contributed by atoms with Crippen molar-refractivity contribution in [1.29, 1.82) is 0 Å². The lowest BCUT2D eigenvalue weighted by Gasteiger charge is -2.14. The van der Waals surface area contributed by atoms with E-state index in [4.69, 9.17) is 9.26 Å². The standard InChI is InChI=1S/C18H13Br3N2O4/c1-26-13-8-6-12(7-9-13)23-16(18(25)27-22-23)17(24)15(21)14(20)10-2-4-11(19)5-3-10/h2-9,14-15H,1H3/p+1. The maximum atomic E-state index is 13.0. The molecule has 0 amide bonds. The number of ketones is 1. The van der Waals surface area contributed by atoms with Crippen LogP contribution in [0.15, 0.2) is 62.3 Å². The number of nitrogens with one attached hydrogen (secondary N) is 1. The zero-order valence-corrected chi connectivity index (χ0v) is 18.7. The van der Waals surface area contributed by atoms with Crippen LogP contribution in [0.5, 0.6) is 5.75 Å². The van der Waals surface area contributed by atoms with Crippen molar-refractivity contribution in [2.75, 3.05) is 7.11 Å². The fraction of sp³-hybridized carbons (Fsp3) is 0.167. The summed E-state index contributed by atoms with van der Waals surface area (Å²) >= 11 is 10.3. The Balaban J connectivity index is 1.93. The predicted molar refractivity (Wildman–Crippen MR) is 110 cm³/mol. The molecule has 0 radical (unpaired) electrons. The van der Waals surface area contributed by atoms with Gasteiger partial charge < -0.3 is 4.74 Å². The first kappa shape index (κ1) is 20.0. The average molecular weight is 562 g/mol. The Morgan fingerprint density at radius 2 is 1.74 bits per heavy atom. The molecular formula is C18H14Br3N2O4+. The van der Waals surface area contributed by atoms with Crippen molar-refractivity contribution in [3.8, 4) is 11.4 Å². The van der Waals surface area contributed by atoms with Gasteiger partial charge in [-0.3, -0.25) is 9.32 Å². The molecule has 2 atom stereocenters. The minimum absolute atomic E-state index is 0.108. The molecule has 0 spiro atoms. The van der Waals surface area contributed by atoms with Crippen molar-refractivity contribution < 1.29 is 18.7 Å². The van der Waals surface area contributed by atoms with Crippen molar-refractivity contribution in [3.63, 3.8) is 0 Å². The zero-order chi connectivity index (χ0) is 19.6. The lowest BCUT2D eigenvalue weighted by molar-refractivity contribution is -0.672. The first-order chi connectivity index (χ1) is 12.9. The molecule has 0 fully saturated rings. The number of nitrogens with zero attached hydrogens (tertiary/aromatic N) is 1. The van der Waals surface area contributed by atoms with E-state index < -0.39 is 16.2 Å². The SMILES string of the molecule is COc1ccc(-[n+]2[nH]oc(=O)c2C(=O)C(Br)C(Br)c2ccc(Br)cc2)cc1. The number of H-pyrrole nitrogens is 1. The predicted octanol–water partition coefficient (Wildman–Crippen LogP) is 4.10. The van der Waals surface area contributed by atoms with Gasteiger partial charge in [0.15, 0.2) is 0 Å². The van der Waals surface area contributed by atoms with Gasteiger partial charge in [0.25, 0.3) is 5.78 Å². The lowest BCUT2D eigenvalue weighted by Crippen LogP contribution is -2.43. The molecule has 0 aliphatic heterocycles. The number of aromatic nitrogens is 2. The van der Waals surface area contributed by atoms with Crippen molar-refractivity contribution in [2.45, 2.75) is 9.65 Å². The molecule has 6 nitrogen and oxygen atoms in total. The third kappa shape index (κ3) is 4.25. The van der Waals surface area contributed by atoms with Gasteiger partial charge in [-0.2, -0.15) is 0 Å². The monoisotopic (exact) mass is 559 g/mol. The van der Waals surface area contributed by atoms with Crippen molar-refractivity contribution in [3.05, 3.63) is 74.7 Å². The highest BCUT2D eigenvalue weighted by atomic mass is 79.9. The van der Waals surface area contributed by atoms with Gasteiger partial charge >= 0.3 is 11.3 Å². The van der Waals surface area contributed by atoms with Crippen LogP contribution in [0.25, 0.3) is 5.69 Å². The molecule has 0 saturated heterocycles. The first-order valence-corrected chi connectivity index (χ1v) is 10.4. The van der Waals surface area contributed by atoms with Crippen LogP contribution >= 0.6 is 47.8 Å². The molecule has 140 valence electrons. The Bertz CT molecular complexity index is 997. The highest BCUT2D eigenvalue weighted by Crippen LogP contribution is 2.33. The van der Waals surface area contributed by atoms with E-state index in [1.165, 1.54) is 4.68 Å². The summed E-state index contributed by atoms with van der Waals surface area (Å²) in [5.74, 6) is 0.248. The number of Topliss-reactive ketones (excluding diaryl/α,β-unsaturated/α-hetero) is 1. The van der Waals surface area contributed by atoms with Crippen LogP contribution in [0.2, 0.25) is 0 Å². The second kappa shape index (κ2) is 8.53. The van der Waals surface area contributed by atoms with E-state index in [9.17, 15) is 9.59 Å². The summed E-state index contributed by atoms with van der Waals surface area (Å²) in [6.45, 7) is 0. The number of halogens is 3. The molecular weight excluding hydrogens is 548 g/mol. The Morgan fingerprint density at radius 3 is 2.33 bits per heavy atom. The molecule has 0 bridgehead atoms. The summed E-state index contributed by atoms with van der Waals surface area (Å²) in [6.07, 6.45) is 0. The van der Waals surface area contributed by atoms with E-state index in [2.05, 4.69) is 53.1 Å². The molecule has 0 saturated carbocycles. The van der Waals surface area contributed by atoms with Crippen LogP contribution in [0.1, 0.15) is 20.9 Å². The number of carbonyl (C=O) groups is 1. The number of rotatable bonds is 6. The Morgan fingerprint density at radius 1 is 1.11 bits per heavy atom. The van der Waals surface area contributed by atoms with Crippen LogP contribution < -0.4 is 15.0 Å². The molecule has 2 unspecified atom stereocenters. The maximum Gasteiger partial charge on any atom is 0.438 e. The van der Waals surface area contributed by atoms with Crippen LogP contribution in [-0.2, 0) is 0 Å². The Kier molecular flexibility index (Phi) is 6.33. The summed E-state index contributed by atoms with van der Waals surface area (Å²) in [6, 6.07) is 14.4. The minimum atomic E-state index is -0.740. The summed E-state index contributed by atoms with van der Waals surface area (Å²) in [4.78, 5) is 24.2. The van der Waals surface area contributed by atoms with E-state index >= 15 is 0 Å². The highest BCUT2D eigenvalue weighted by Gasteiger charge is 2.38. The summed E-state index contributed by atoms with van der Waals surface area (Å²) < 4.78 is 12.2. The average Bonchev–Trinajstić information content (AvgIpc) is 3.08. The van der Waals surface area contributed by atoms with E-state index in [0.29, 0.717) is 11.4 Å². The van der Waals surface area contributed by atoms with Crippen LogP contribution in [0, 0.1) is 0 Å². The third-order valence-corrected chi connectivity index (χ3v) is 7.15. The lowest BCUT2D eigenvalue weighted by atomic mass is 10.1. The number of alkyl halides is 2. The highest BCUT2D eigenvalue weighted by molar-refractivity contribution is 9.12. The summed E-state index contributed by atoms with van der Waals surface area (Å²) in [5, 5.41) is 2.47. The fourth-order valence-electron chi connectivity index (χ4n) is 2.48. The molecule has 3 rings (SSSR count). The van der Waals surface area contributed by atoms with Gasteiger partial charge in [-0.15, -0.1) is 0 Å². The number of aromatic amines is 1. The summed E-state index contributed by atoms with van der Waals surface area (Å²) in [5.41, 5.74) is 0.614. The van der Waals surface area contributed by atoms with Gasteiger partial charge in [0.1, 0.15) is 10.6 Å². The molecule has 0 aliphatic carbocycles. The van der Waals surface area contributed by atoms with Crippen LogP contribution in [0.4, 0.5) is 0 Å². The van der Waals surface area contributed by atoms with Crippen molar-refractivity contribution >= 4 is 53.6 Å². The Hall–Kier alpha value is -1.71. The first-order valence-electron chi connectivity index (χ1n) is 7.78. The zero-order valence-electron chi connectivity index (χ0n) is 14.0. The number of hydrogen-bond acceptors (Lipinski definition) is 4. The second-order valence-corrected chi connectivity index (χ2v) is 8.47. The van der Waals surface area contributed by atoms with Gasteiger partial charge in [-0.1, -0.05) is 59.9 Å². The number of hydrogen-bond donors (Lipinski definition) is 1. The fourth-order valence-corrected chi connectivity index (χ4v) is 3.81. The number of methoxy groups -OCH3 is 1. The quantitative estimate of drug-likeness (QED) is 0.279. The molecule has 1 aromatic heterocycles. The van der Waals surface area contributed by atoms with Crippen LogP contribution in [-0.4, -0.2) is 23.0 Å². The summed E-state index contributed by atoms with van der Waals surface area (Å²) in [7, 11) is 1.56. The molecule has 1 N–H and O–H groups in total. The smallest absolute Gasteiger partial charge is 0.438 e. The normalized spacial score (nSPS) is 13.2.